The number of amides is 1. The van der Waals surface area contributed by atoms with Gasteiger partial charge in [-0.15, -0.1) is 0 Å². The van der Waals surface area contributed by atoms with Crippen LogP contribution in [-0.2, 0) is 9.59 Å². The van der Waals surface area contributed by atoms with E-state index in [1.807, 2.05) is 6.92 Å². The van der Waals surface area contributed by atoms with Crippen molar-refractivity contribution < 1.29 is 30.0 Å². The summed E-state index contributed by atoms with van der Waals surface area (Å²) in [6, 6.07) is -1.31. The molecule has 0 spiro atoms. The Bertz CT molecular complexity index is 260. The second-order valence-electron chi connectivity index (χ2n) is 4.06. The molecule has 0 radical (unpaired) electrons. The molecule has 0 aromatic heterocycles. The average Bonchev–Trinajstić information content (AvgIpc) is 2.39. The summed E-state index contributed by atoms with van der Waals surface area (Å²) in [5, 5.41) is 39.0. The van der Waals surface area contributed by atoms with E-state index in [0.717, 1.165) is 6.42 Å². The zero-order valence-corrected chi connectivity index (χ0v) is 10.3. The summed E-state index contributed by atoms with van der Waals surface area (Å²) in [7, 11) is 0. The topological polar surface area (TPSA) is 127 Å². The Hall–Kier alpha value is -1.02. The van der Waals surface area contributed by atoms with Crippen LogP contribution in [-0.4, -0.2) is 63.6 Å². The van der Waals surface area contributed by atoms with Gasteiger partial charge in [0.1, 0.15) is 30.6 Å². The zero-order chi connectivity index (χ0) is 14.1. The molecule has 0 rings (SSSR count). The van der Waals surface area contributed by atoms with Crippen LogP contribution in [0, 0.1) is 0 Å². The van der Waals surface area contributed by atoms with Gasteiger partial charge in [0.15, 0.2) is 0 Å². The molecule has 0 unspecified atom stereocenters. The van der Waals surface area contributed by atoms with Crippen LogP contribution in [0.1, 0.15) is 26.2 Å². The first-order valence-corrected chi connectivity index (χ1v) is 5.87. The van der Waals surface area contributed by atoms with Gasteiger partial charge in [0.25, 0.3) is 0 Å². The molecule has 106 valence electrons. The molecule has 0 saturated carbocycles. The molecule has 0 bridgehead atoms. The lowest BCUT2D eigenvalue weighted by Crippen LogP contribution is -2.53. The van der Waals surface area contributed by atoms with Crippen LogP contribution < -0.4 is 5.32 Å². The molecule has 0 aromatic carbocycles. The van der Waals surface area contributed by atoms with Gasteiger partial charge in [0.2, 0.25) is 5.91 Å². The lowest BCUT2D eigenvalue weighted by Gasteiger charge is -2.26. The smallest absolute Gasteiger partial charge is 0.220 e. The number of aldehydes is 1. The highest BCUT2D eigenvalue weighted by molar-refractivity contribution is 5.79. The fourth-order valence-corrected chi connectivity index (χ4v) is 1.34. The molecular formula is C11H21NO6. The molecule has 0 fully saturated rings. The number of carbonyl (C=O) groups is 2. The third-order valence-corrected chi connectivity index (χ3v) is 2.53. The van der Waals surface area contributed by atoms with Crippen LogP contribution in [0.4, 0.5) is 0 Å². The minimum absolute atomic E-state index is 0.214. The molecule has 0 aliphatic carbocycles. The predicted octanol–water partition coefficient (Wildman–Crippen LogP) is -2.06. The first kappa shape index (κ1) is 17.0. The number of aliphatic hydroxyl groups excluding tert-OH is 4. The van der Waals surface area contributed by atoms with E-state index in [-0.39, 0.29) is 12.7 Å². The van der Waals surface area contributed by atoms with E-state index < -0.39 is 36.9 Å². The average molecular weight is 263 g/mol. The Morgan fingerprint density at radius 2 is 1.89 bits per heavy atom. The molecule has 5 N–H and O–H groups in total. The number of unbranched alkanes of at least 4 members (excludes halogenated alkanes) is 1. The summed E-state index contributed by atoms with van der Waals surface area (Å²) < 4.78 is 0. The predicted molar refractivity (Wildman–Crippen MR) is 62.6 cm³/mol. The van der Waals surface area contributed by atoms with Crippen LogP contribution in [0.3, 0.4) is 0 Å². The Kier molecular flexibility index (Phi) is 8.47. The van der Waals surface area contributed by atoms with E-state index in [4.69, 9.17) is 10.2 Å². The van der Waals surface area contributed by atoms with Gasteiger partial charge >= 0.3 is 0 Å². The summed E-state index contributed by atoms with van der Waals surface area (Å²) in [6.45, 7) is 1.15. The third-order valence-electron chi connectivity index (χ3n) is 2.53. The molecule has 0 heterocycles. The minimum Gasteiger partial charge on any atom is -0.394 e. The first-order chi connectivity index (χ1) is 8.47. The lowest BCUT2D eigenvalue weighted by molar-refractivity contribution is -0.131. The summed E-state index contributed by atoms with van der Waals surface area (Å²) in [6.07, 6.45) is -3.00. The number of aliphatic hydroxyl groups is 4. The van der Waals surface area contributed by atoms with Gasteiger partial charge in [0, 0.05) is 6.42 Å². The Labute approximate surface area is 105 Å². The van der Waals surface area contributed by atoms with Gasteiger partial charge < -0.3 is 30.5 Å². The van der Waals surface area contributed by atoms with Crippen molar-refractivity contribution in [1.82, 2.24) is 5.32 Å². The van der Waals surface area contributed by atoms with E-state index in [9.17, 15) is 19.8 Å². The van der Waals surface area contributed by atoms with Crippen molar-refractivity contribution in [2.24, 2.45) is 0 Å². The van der Waals surface area contributed by atoms with Crippen molar-refractivity contribution in [3.63, 3.8) is 0 Å². The van der Waals surface area contributed by atoms with Crippen LogP contribution in [0.15, 0.2) is 0 Å². The molecule has 0 aliphatic rings. The second-order valence-corrected chi connectivity index (χ2v) is 4.06. The summed E-state index contributed by atoms with van der Waals surface area (Å²) >= 11 is 0. The number of rotatable bonds is 9. The molecule has 1 amide bonds. The second kappa shape index (κ2) is 8.98. The Balaban J connectivity index is 4.39. The fraction of sp³-hybridized carbons (Fsp3) is 0.818. The van der Waals surface area contributed by atoms with E-state index >= 15 is 0 Å². The molecule has 7 nitrogen and oxygen atoms in total. The van der Waals surface area contributed by atoms with E-state index in [2.05, 4.69) is 5.32 Å². The van der Waals surface area contributed by atoms with Crippen molar-refractivity contribution in [1.29, 1.82) is 0 Å². The fourth-order valence-electron chi connectivity index (χ4n) is 1.34. The van der Waals surface area contributed by atoms with Crippen LogP contribution in [0.2, 0.25) is 0 Å². The van der Waals surface area contributed by atoms with Crippen LogP contribution >= 0.6 is 0 Å². The Morgan fingerprint density at radius 1 is 1.28 bits per heavy atom. The monoisotopic (exact) mass is 263 g/mol. The standard InChI is InChI=1S/C11H21NO6/c1-2-3-4-9(16)12-7(5-13)10(17)11(18)8(15)6-14/h5,7-8,10-11,14-15,17-18H,2-4,6H2,1H3,(H,12,16)/t7-,8-,10-,11-/m1/s1. The van der Waals surface area contributed by atoms with Gasteiger partial charge in [-0.2, -0.15) is 0 Å². The third kappa shape index (κ3) is 5.54. The van der Waals surface area contributed by atoms with Gasteiger partial charge in [-0.05, 0) is 6.42 Å². The van der Waals surface area contributed by atoms with Crippen LogP contribution in [0.25, 0.3) is 0 Å². The SMILES string of the molecule is CCCCC(=O)N[C@H](C=O)[C@@H](O)[C@H](O)[C@H](O)CO. The Morgan fingerprint density at radius 3 is 2.33 bits per heavy atom. The van der Waals surface area contributed by atoms with Gasteiger partial charge in [-0.3, -0.25) is 4.79 Å². The van der Waals surface area contributed by atoms with E-state index in [1.54, 1.807) is 0 Å². The number of hydrogen-bond donors (Lipinski definition) is 5. The van der Waals surface area contributed by atoms with Crippen molar-refractivity contribution >= 4 is 12.2 Å². The number of nitrogens with one attached hydrogen (secondary N) is 1. The number of hydrogen-bond acceptors (Lipinski definition) is 6. The number of carbonyl (C=O) groups excluding carboxylic acids is 2. The summed E-state index contributed by atoms with van der Waals surface area (Å²) in [4.78, 5) is 22.1. The largest absolute Gasteiger partial charge is 0.394 e. The van der Waals surface area contributed by atoms with Gasteiger partial charge in [0.05, 0.1) is 6.61 Å². The van der Waals surface area contributed by atoms with Crippen molar-refractivity contribution in [2.75, 3.05) is 6.61 Å². The lowest BCUT2D eigenvalue weighted by atomic mass is 10.0. The molecule has 4 atom stereocenters. The minimum atomic E-state index is -1.71. The molecule has 18 heavy (non-hydrogen) atoms. The van der Waals surface area contributed by atoms with E-state index in [1.165, 1.54) is 0 Å². The molecule has 0 aliphatic heterocycles. The maximum atomic E-state index is 11.4. The summed E-state index contributed by atoms with van der Waals surface area (Å²) in [5.41, 5.74) is 0. The van der Waals surface area contributed by atoms with Crippen molar-refractivity contribution in [2.45, 2.75) is 50.5 Å². The van der Waals surface area contributed by atoms with Gasteiger partial charge in [-0.1, -0.05) is 13.3 Å². The van der Waals surface area contributed by atoms with Crippen molar-refractivity contribution in [3.05, 3.63) is 0 Å². The summed E-state index contributed by atoms with van der Waals surface area (Å²) in [5.74, 6) is -0.418. The molecule has 0 aromatic rings. The zero-order valence-electron chi connectivity index (χ0n) is 10.3. The normalized spacial score (nSPS) is 17.6. The highest BCUT2D eigenvalue weighted by atomic mass is 16.4. The molecular weight excluding hydrogens is 242 g/mol. The first-order valence-electron chi connectivity index (χ1n) is 5.87. The maximum Gasteiger partial charge on any atom is 0.220 e. The highest BCUT2D eigenvalue weighted by Crippen LogP contribution is 2.04. The van der Waals surface area contributed by atoms with Crippen LogP contribution in [0.5, 0.6) is 0 Å². The molecule has 7 heteroatoms. The van der Waals surface area contributed by atoms with Gasteiger partial charge in [-0.25, -0.2) is 0 Å². The quantitative estimate of drug-likeness (QED) is 0.304. The molecule has 0 saturated heterocycles. The van der Waals surface area contributed by atoms with Crippen molar-refractivity contribution in [3.8, 4) is 0 Å². The highest BCUT2D eigenvalue weighted by Gasteiger charge is 2.31. The maximum absolute atomic E-state index is 11.4. The van der Waals surface area contributed by atoms with E-state index in [0.29, 0.717) is 6.42 Å².